The Morgan fingerprint density at radius 1 is 1.15 bits per heavy atom. The molecule has 0 spiro atoms. The first-order chi connectivity index (χ1) is 15.8. The zero-order valence-corrected chi connectivity index (χ0v) is 22.0. The second kappa shape index (κ2) is 10.3. The number of rotatable bonds is 7. The zero-order valence-electron chi connectivity index (χ0n) is 19.9. The van der Waals surface area contributed by atoms with Gasteiger partial charge in [-0.15, -0.1) is 0 Å². The van der Waals surface area contributed by atoms with E-state index >= 15 is 0 Å². The number of piperidine rings is 1. The van der Waals surface area contributed by atoms with Gasteiger partial charge in [0.15, 0.2) is 11.6 Å². The highest BCUT2D eigenvalue weighted by atomic mass is 127. The molecule has 0 radical (unpaired) electrons. The Balaban J connectivity index is 1.61. The van der Waals surface area contributed by atoms with Gasteiger partial charge in [-0.3, -0.25) is 5.10 Å². The van der Waals surface area contributed by atoms with Crippen LogP contribution >= 0.6 is 22.6 Å². The standard InChI is InChI=1S/C24H32IN7O/c1-14(2)33-21-12-18(17-6-8-32(5)9-7-17)15(3)10-20(21)27-24-26-13-19(25)23(29-24)28-22-11-16(4)30-31-22/h10-14,17H,6-9H2,1-5H3,(H3,26,27,28,29,30,31). The molecule has 4 rings (SSSR count). The average molecular weight is 561 g/mol. The smallest absolute Gasteiger partial charge is 0.229 e. The number of nitrogens with one attached hydrogen (secondary N) is 3. The second-order valence-corrected chi connectivity index (χ2v) is 10.2. The summed E-state index contributed by atoms with van der Waals surface area (Å²) in [7, 11) is 2.20. The number of hydrogen-bond acceptors (Lipinski definition) is 7. The number of halogens is 1. The number of ether oxygens (including phenoxy) is 1. The molecule has 9 heteroatoms. The predicted octanol–water partition coefficient (Wildman–Crippen LogP) is 5.50. The minimum Gasteiger partial charge on any atom is -0.489 e. The molecule has 1 aliphatic rings. The van der Waals surface area contributed by atoms with Crippen LogP contribution in [0.5, 0.6) is 5.75 Å². The van der Waals surface area contributed by atoms with Crippen molar-refractivity contribution in [1.29, 1.82) is 0 Å². The number of nitrogens with zero attached hydrogens (tertiary/aromatic N) is 4. The summed E-state index contributed by atoms with van der Waals surface area (Å²) in [6, 6.07) is 6.31. The Labute approximate surface area is 209 Å². The average Bonchev–Trinajstić information content (AvgIpc) is 3.17. The maximum atomic E-state index is 6.22. The first kappa shape index (κ1) is 23.7. The Morgan fingerprint density at radius 2 is 1.91 bits per heavy atom. The molecule has 1 fully saturated rings. The summed E-state index contributed by atoms with van der Waals surface area (Å²) < 4.78 is 7.13. The molecular weight excluding hydrogens is 529 g/mol. The van der Waals surface area contributed by atoms with E-state index in [1.54, 1.807) is 6.20 Å². The van der Waals surface area contributed by atoms with Crippen molar-refractivity contribution in [2.45, 2.75) is 52.6 Å². The van der Waals surface area contributed by atoms with Gasteiger partial charge in [-0.2, -0.15) is 10.1 Å². The highest BCUT2D eigenvalue weighted by molar-refractivity contribution is 14.1. The number of benzene rings is 1. The molecule has 8 nitrogen and oxygen atoms in total. The van der Waals surface area contributed by atoms with E-state index in [1.807, 2.05) is 26.8 Å². The lowest BCUT2D eigenvalue weighted by Crippen LogP contribution is -2.29. The van der Waals surface area contributed by atoms with Crippen molar-refractivity contribution in [2.75, 3.05) is 30.8 Å². The third kappa shape index (κ3) is 5.94. The van der Waals surface area contributed by atoms with Crippen molar-refractivity contribution < 1.29 is 4.74 Å². The van der Waals surface area contributed by atoms with Gasteiger partial charge in [-0.1, -0.05) is 0 Å². The van der Waals surface area contributed by atoms with Crippen molar-refractivity contribution in [1.82, 2.24) is 25.1 Å². The molecule has 1 aromatic carbocycles. The van der Waals surface area contributed by atoms with Crippen LogP contribution in [0.3, 0.4) is 0 Å². The van der Waals surface area contributed by atoms with Gasteiger partial charge < -0.3 is 20.3 Å². The Kier molecular flexibility index (Phi) is 7.38. The van der Waals surface area contributed by atoms with Crippen LogP contribution in [0.4, 0.5) is 23.3 Å². The molecule has 3 heterocycles. The lowest BCUT2D eigenvalue weighted by Gasteiger charge is -2.30. The number of anilines is 4. The molecule has 33 heavy (non-hydrogen) atoms. The first-order valence-electron chi connectivity index (χ1n) is 11.4. The van der Waals surface area contributed by atoms with Crippen molar-refractivity contribution in [2.24, 2.45) is 0 Å². The minimum atomic E-state index is 0.0661. The van der Waals surface area contributed by atoms with E-state index in [0.29, 0.717) is 17.7 Å². The van der Waals surface area contributed by atoms with Gasteiger partial charge in [0, 0.05) is 18.0 Å². The van der Waals surface area contributed by atoms with Gasteiger partial charge in [0.05, 0.1) is 15.4 Å². The fraction of sp³-hybridized carbons (Fsp3) is 0.458. The van der Waals surface area contributed by atoms with Crippen LogP contribution in [0.25, 0.3) is 0 Å². The number of aromatic nitrogens is 4. The second-order valence-electron chi connectivity index (χ2n) is 9.03. The largest absolute Gasteiger partial charge is 0.489 e. The van der Waals surface area contributed by atoms with Gasteiger partial charge in [0.1, 0.15) is 5.75 Å². The Morgan fingerprint density at radius 3 is 2.58 bits per heavy atom. The van der Waals surface area contributed by atoms with E-state index in [2.05, 4.69) is 84.4 Å². The summed E-state index contributed by atoms with van der Waals surface area (Å²) in [5, 5.41) is 13.8. The van der Waals surface area contributed by atoms with Gasteiger partial charge in [-0.05, 0) is 112 Å². The first-order valence-corrected chi connectivity index (χ1v) is 12.4. The van der Waals surface area contributed by atoms with E-state index in [1.165, 1.54) is 24.0 Å². The Bertz CT molecular complexity index is 1110. The number of aromatic amines is 1. The zero-order chi connectivity index (χ0) is 23.5. The number of H-pyrrole nitrogens is 1. The van der Waals surface area contributed by atoms with Crippen LogP contribution in [0.15, 0.2) is 24.4 Å². The third-order valence-corrected chi connectivity index (χ3v) is 6.62. The molecule has 0 saturated carbocycles. The highest BCUT2D eigenvalue weighted by Crippen LogP contribution is 2.38. The van der Waals surface area contributed by atoms with Gasteiger partial charge in [0.2, 0.25) is 5.95 Å². The predicted molar refractivity (Wildman–Crippen MR) is 141 cm³/mol. The van der Waals surface area contributed by atoms with Gasteiger partial charge >= 0.3 is 0 Å². The SMILES string of the molecule is Cc1cc(Nc2nc(Nc3cc(C)c(C4CCN(C)CC4)cc3OC(C)C)ncc2I)n[nH]1. The van der Waals surface area contributed by atoms with E-state index in [9.17, 15) is 0 Å². The molecule has 1 aliphatic heterocycles. The lowest BCUT2D eigenvalue weighted by molar-refractivity contribution is 0.241. The highest BCUT2D eigenvalue weighted by Gasteiger charge is 2.22. The van der Waals surface area contributed by atoms with Crippen LogP contribution < -0.4 is 15.4 Å². The fourth-order valence-corrected chi connectivity index (χ4v) is 4.55. The summed E-state index contributed by atoms with van der Waals surface area (Å²) in [4.78, 5) is 11.6. The van der Waals surface area contributed by atoms with Crippen LogP contribution in [0.2, 0.25) is 0 Å². The van der Waals surface area contributed by atoms with E-state index < -0.39 is 0 Å². The number of aryl methyl sites for hydroxylation is 2. The topological polar surface area (TPSA) is 91.0 Å². The molecule has 0 unspecified atom stereocenters. The Hall–Kier alpha value is -2.40. The van der Waals surface area contributed by atoms with Crippen LogP contribution in [-0.2, 0) is 0 Å². The molecule has 0 bridgehead atoms. The molecule has 3 aromatic rings. The van der Waals surface area contributed by atoms with E-state index in [-0.39, 0.29) is 6.10 Å². The van der Waals surface area contributed by atoms with Crippen LogP contribution in [0, 0.1) is 17.4 Å². The third-order valence-electron chi connectivity index (χ3n) is 5.83. The molecule has 0 amide bonds. The number of likely N-dealkylation sites (tertiary alicyclic amines) is 1. The van der Waals surface area contributed by atoms with Crippen molar-refractivity contribution in [3.8, 4) is 5.75 Å². The fourth-order valence-electron chi connectivity index (χ4n) is 4.15. The van der Waals surface area contributed by atoms with E-state index in [4.69, 9.17) is 4.74 Å². The summed E-state index contributed by atoms with van der Waals surface area (Å²) in [5.41, 5.74) is 4.50. The van der Waals surface area contributed by atoms with Gasteiger partial charge in [-0.25, -0.2) is 4.98 Å². The molecule has 3 N–H and O–H groups in total. The van der Waals surface area contributed by atoms with E-state index in [0.717, 1.165) is 39.6 Å². The molecule has 1 saturated heterocycles. The van der Waals surface area contributed by atoms with Gasteiger partial charge in [0.25, 0.3) is 0 Å². The monoisotopic (exact) mass is 561 g/mol. The maximum absolute atomic E-state index is 6.22. The van der Waals surface area contributed by atoms with Crippen LogP contribution in [0.1, 0.15) is 49.4 Å². The molecule has 0 aliphatic carbocycles. The van der Waals surface area contributed by atoms with Crippen LogP contribution in [-0.4, -0.2) is 51.3 Å². The quantitative estimate of drug-likeness (QED) is 0.328. The normalized spacial score (nSPS) is 15.1. The molecule has 176 valence electrons. The lowest BCUT2D eigenvalue weighted by atomic mass is 9.86. The summed E-state index contributed by atoms with van der Waals surface area (Å²) in [6.07, 6.45) is 4.21. The van der Waals surface area contributed by atoms with Crippen molar-refractivity contribution in [3.05, 3.63) is 44.8 Å². The summed E-state index contributed by atoms with van der Waals surface area (Å²) in [5.74, 6) is 3.32. The molecular formula is C24H32IN7O. The minimum absolute atomic E-state index is 0.0661. The summed E-state index contributed by atoms with van der Waals surface area (Å²) >= 11 is 2.22. The number of hydrogen-bond donors (Lipinski definition) is 3. The maximum Gasteiger partial charge on any atom is 0.229 e. The van der Waals surface area contributed by atoms with Crippen molar-refractivity contribution >= 4 is 45.9 Å². The molecule has 2 aromatic heterocycles. The molecule has 0 atom stereocenters. The van der Waals surface area contributed by atoms with Crippen molar-refractivity contribution in [3.63, 3.8) is 0 Å². The summed E-state index contributed by atoms with van der Waals surface area (Å²) in [6.45, 7) is 10.5.